The number of carbonyl (C=O) groups is 3. The van der Waals surface area contributed by atoms with E-state index in [1.54, 1.807) is 33.8 Å². The summed E-state index contributed by atoms with van der Waals surface area (Å²) in [6.45, 7) is 13.8. The molecule has 3 heterocycles. The van der Waals surface area contributed by atoms with Crippen LogP contribution in [0, 0.1) is 17.8 Å². The first-order valence-corrected chi connectivity index (χ1v) is 11.8. The molecular weight excluding hydrogens is 444 g/mol. The molecule has 9 heteroatoms. The predicted molar refractivity (Wildman–Crippen MR) is 120 cm³/mol. The summed E-state index contributed by atoms with van der Waals surface area (Å²) in [6, 6.07) is 0. The first-order valence-electron chi connectivity index (χ1n) is 11.8. The zero-order valence-corrected chi connectivity index (χ0v) is 20.7. The van der Waals surface area contributed by atoms with Gasteiger partial charge in [-0.3, -0.25) is 4.79 Å². The summed E-state index contributed by atoms with van der Waals surface area (Å²) in [4.78, 5) is 38.2. The molecule has 3 aliphatic heterocycles. The fourth-order valence-electron chi connectivity index (χ4n) is 4.95. The Morgan fingerprint density at radius 1 is 1.29 bits per heavy atom. The lowest BCUT2D eigenvalue weighted by Gasteiger charge is -2.41. The lowest BCUT2D eigenvalue weighted by Crippen LogP contribution is -2.58. The molecule has 34 heavy (non-hydrogen) atoms. The topological polar surface area (TPSA) is 129 Å². The van der Waals surface area contributed by atoms with Gasteiger partial charge in [-0.05, 0) is 33.6 Å². The van der Waals surface area contributed by atoms with Gasteiger partial charge in [-0.2, -0.15) is 0 Å². The third kappa shape index (κ3) is 4.53. The zero-order chi connectivity index (χ0) is 25.6. The van der Waals surface area contributed by atoms with E-state index in [4.69, 9.17) is 18.9 Å². The lowest BCUT2D eigenvalue weighted by molar-refractivity contribution is -0.277. The summed E-state index contributed by atoms with van der Waals surface area (Å²) in [5.74, 6) is -6.09. The fraction of sp³-hybridized carbons (Fsp3) is 0.720. The largest absolute Gasteiger partial charge is 0.455 e. The third-order valence-electron chi connectivity index (χ3n) is 7.47. The summed E-state index contributed by atoms with van der Waals surface area (Å²) >= 11 is 0. The molecule has 0 radical (unpaired) electrons. The summed E-state index contributed by atoms with van der Waals surface area (Å²) in [5, 5.41) is 23.2. The SMILES string of the molecule is C=C1C(=O)O[C@H]2[C@H]1[C@@H](OC(=O)/C(C)=C\C)[C@]1(O)O[C@@H](C[C@H]1C)C[C@](C)(O)[C@@H]2OC(=O)[C@H](C)CC. The maximum atomic E-state index is 12.8. The molecule has 0 aromatic carbocycles. The molecule has 3 rings (SSSR count). The first-order chi connectivity index (χ1) is 15.8. The van der Waals surface area contributed by atoms with Gasteiger partial charge in [-0.25, -0.2) is 9.59 Å². The van der Waals surface area contributed by atoms with Crippen molar-refractivity contribution in [3.8, 4) is 0 Å². The molecule has 0 aromatic rings. The standard InChI is InChI=1S/C25H36O9/c1-8-12(3)21(26)32-19-17-15(6)23(28)31-18(17)20(33-22(27)13(4)9-2)24(7,29)11-16-10-14(5)25(19,30)34-16/h8,13-14,16-20,29-30H,6,9-11H2,1-5,7H3/b12-8-/t13-,14-,16+,17+,18+,19-,20-,24+,25-/m1/s1. The van der Waals surface area contributed by atoms with E-state index in [0.717, 1.165) is 0 Å². The second-order valence-electron chi connectivity index (χ2n) is 10.1. The second-order valence-corrected chi connectivity index (χ2v) is 10.1. The Kier molecular flexibility index (Phi) is 7.32. The maximum absolute atomic E-state index is 12.8. The minimum atomic E-state index is -1.97. The summed E-state index contributed by atoms with van der Waals surface area (Å²) in [5.41, 5.74) is -1.44. The number of aliphatic hydroxyl groups is 2. The van der Waals surface area contributed by atoms with E-state index in [0.29, 0.717) is 18.4 Å². The van der Waals surface area contributed by atoms with Gasteiger partial charge in [0.1, 0.15) is 5.60 Å². The highest BCUT2D eigenvalue weighted by molar-refractivity contribution is 5.92. The number of hydrogen-bond acceptors (Lipinski definition) is 9. The number of rotatable bonds is 5. The lowest BCUT2D eigenvalue weighted by atomic mass is 9.75. The van der Waals surface area contributed by atoms with E-state index in [2.05, 4.69) is 6.58 Å². The van der Waals surface area contributed by atoms with Crippen molar-refractivity contribution in [3.05, 3.63) is 23.8 Å². The fourth-order valence-corrected chi connectivity index (χ4v) is 4.95. The van der Waals surface area contributed by atoms with Crippen LogP contribution in [-0.2, 0) is 33.3 Å². The third-order valence-corrected chi connectivity index (χ3v) is 7.47. The Labute approximate surface area is 200 Å². The highest BCUT2D eigenvalue weighted by Gasteiger charge is 2.65. The van der Waals surface area contributed by atoms with Crippen molar-refractivity contribution in [1.29, 1.82) is 0 Å². The van der Waals surface area contributed by atoms with Crippen LogP contribution in [0.15, 0.2) is 23.8 Å². The van der Waals surface area contributed by atoms with Gasteiger partial charge in [0, 0.05) is 23.5 Å². The van der Waals surface area contributed by atoms with E-state index in [1.165, 1.54) is 6.92 Å². The molecule has 190 valence electrons. The Morgan fingerprint density at radius 2 is 1.94 bits per heavy atom. The van der Waals surface area contributed by atoms with E-state index in [-0.39, 0.29) is 12.0 Å². The number of carbonyl (C=O) groups excluding carboxylic acids is 3. The highest BCUT2D eigenvalue weighted by atomic mass is 16.7. The van der Waals surface area contributed by atoms with E-state index in [9.17, 15) is 24.6 Å². The molecule has 0 saturated carbocycles. The van der Waals surface area contributed by atoms with Crippen LogP contribution in [0.25, 0.3) is 0 Å². The van der Waals surface area contributed by atoms with E-state index >= 15 is 0 Å². The Hall–Kier alpha value is -2.23. The van der Waals surface area contributed by atoms with Crippen LogP contribution >= 0.6 is 0 Å². The number of hydrogen-bond donors (Lipinski definition) is 2. The van der Waals surface area contributed by atoms with Gasteiger partial charge >= 0.3 is 17.9 Å². The average Bonchev–Trinajstić information content (AvgIpc) is 3.22. The molecule has 0 aromatic heterocycles. The summed E-state index contributed by atoms with van der Waals surface area (Å²) in [7, 11) is 0. The summed E-state index contributed by atoms with van der Waals surface area (Å²) in [6.07, 6.45) is -2.12. The normalized spacial score (nSPS) is 41.0. The number of ether oxygens (including phenoxy) is 4. The monoisotopic (exact) mass is 480 g/mol. The van der Waals surface area contributed by atoms with Gasteiger partial charge in [-0.1, -0.05) is 33.4 Å². The van der Waals surface area contributed by atoms with Crippen molar-refractivity contribution in [2.45, 2.75) is 96.6 Å². The van der Waals surface area contributed by atoms with Gasteiger partial charge in [0.15, 0.2) is 18.3 Å². The minimum Gasteiger partial charge on any atom is -0.455 e. The van der Waals surface area contributed by atoms with Crippen molar-refractivity contribution in [2.75, 3.05) is 0 Å². The Bertz CT molecular complexity index is 891. The van der Waals surface area contributed by atoms with Crippen molar-refractivity contribution in [1.82, 2.24) is 0 Å². The van der Waals surface area contributed by atoms with Crippen LogP contribution in [0.4, 0.5) is 0 Å². The van der Waals surface area contributed by atoms with Gasteiger partial charge in [0.2, 0.25) is 5.79 Å². The first kappa shape index (κ1) is 26.4. The average molecular weight is 481 g/mol. The quantitative estimate of drug-likeness (QED) is 0.346. The molecular formula is C25H36O9. The second kappa shape index (κ2) is 9.43. The molecule has 2 N–H and O–H groups in total. The van der Waals surface area contributed by atoms with Crippen LogP contribution in [0.3, 0.4) is 0 Å². The smallest absolute Gasteiger partial charge is 0.334 e. The van der Waals surface area contributed by atoms with Crippen LogP contribution in [-0.4, -0.2) is 63.9 Å². The van der Waals surface area contributed by atoms with Gasteiger partial charge in [0.05, 0.1) is 17.9 Å². The molecule has 9 nitrogen and oxygen atoms in total. The van der Waals surface area contributed by atoms with Gasteiger partial charge in [0.25, 0.3) is 0 Å². The summed E-state index contributed by atoms with van der Waals surface area (Å²) < 4.78 is 23.1. The maximum Gasteiger partial charge on any atom is 0.334 e. The van der Waals surface area contributed by atoms with Crippen molar-refractivity contribution in [2.24, 2.45) is 17.8 Å². The molecule has 0 amide bonds. The molecule has 3 fully saturated rings. The van der Waals surface area contributed by atoms with Crippen LogP contribution in [0.2, 0.25) is 0 Å². The molecule has 0 aliphatic carbocycles. The van der Waals surface area contributed by atoms with Crippen LogP contribution in [0.5, 0.6) is 0 Å². The number of esters is 3. The zero-order valence-electron chi connectivity index (χ0n) is 20.7. The van der Waals surface area contributed by atoms with Gasteiger partial charge < -0.3 is 29.2 Å². The Balaban J connectivity index is 2.15. The number of allylic oxidation sites excluding steroid dienone is 1. The predicted octanol–water partition coefficient (Wildman–Crippen LogP) is 2.19. The van der Waals surface area contributed by atoms with Crippen molar-refractivity contribution < 1.29 is 43.5 Å². The molecule has 3 saturated heterocycles. The molecule has 2 bridgehead atoms. The minimum absolute atomic E-state index is 0.0000930. The van der Waals surface area contributed by atoms with Gasteiger partial charge in [-0.15, -0.1) is 0 Å². The van der Waals surface area contributed by atoms with Crippen LogP contribution in [0.1, 0.15) is 60.8 Å². The van der Waals surface area contributed by atoms with Crippen molar-refractivity contribution in [3.63, 3.8) is 0 Å². The molecule has 9 atom stereocenters. The molecule has 0 unspecified atom stereocenters. The van der Waals surface area contributed by atoms with Crippen LogP contribution < -0.4 is 0 Å². The van der Waals surface area contributed by atoms with E-state index < -0.39 is 71.5 Å². The molecule has 0 spiro atoms. The number of fused-ring (bicyclic) bond motifs is 3. The molecule has 3 aliphatic rings. The van der Waals surface area contributed by atoms with Crippen molar-refractivity contribution >= 4 is 17.9 Å². The van der Waals surface area contributed by atoms with E-state index in [1.807, 2.05) is 6.92 Å². The Morgan fingerprint density at radius 3 is 2.53 bits per heavy atom. The highest BCUT2D eigenvalue weighted by Crippen LogP contribution is 2.50.